The number of halogens is 2. The zero-order valence-corrected chi connectivity index (χ0v) is 18.3. The number of amides is 2. The molecule has 1 atom stereocenters. The van der Waals surface area contributed by atoms with E-state index in [9.17, 15) is 18.4 Å². The van der Waals surface area contributed by atoms with Gasteiger partial charge in [0.25, 0.3) is 5.91 Å². The first-order chi connectivity index (χ1) is 15.9. The van der Waals surface area contributed by atoms with E-state index in [4.69, 9.17) is 9.47 Å². The summed E-state index contributed by atoms with van der Waals surface area (Å²) in [5, 5.41) is 0. The fourth-order valence-corrected chi connectivity index (χ4v) is 5.31. The van der Waals surface area contributed by atoms with E-state index in [1.807, 2.05) is 0 Å². The Balaban J connectivity index is 1.39. The summed E-state index contributed by atoms with van der Waals surface area (Å²) in [5.74, 6) is -1.09. The number of rotatable bonds is 3. The minimum absolute atomic E-state index is 0.105. The molecule has 0 radical (unpaired) electrons. The predicted octanol–water partition coefficient (Wildman–Crippen LogP) is 3.05. The van der Waals surface area contributed by atoms with E-state index in [0.717, 1.165) is 0 Å². The number of benzene rings is 2. The number of anilines is 1. The lowest BCUT2D eigenvalue weighted by atomic mass is 9.72. The van der Waals surface area contributed by atoms with Crippen LogP contribution in [-0.2, 0) is 24.5 Å². The van der Waals surface area contributed by atoms with Gasteiger partial charge < -0.3 is 19.3 Å². The highest BCUT2D eigenvalue weighted by Crippen LogP contribution is 2.41. The monoisotopic (exact) mass is 456 g/mol. The molecule has 3 aliphatic rings. The second kappa shape index (κ2) is 8.50. The molecule has 0 bridgehead atoms. The molecule has 6 nitrogen and oxygen atoms in total. The summed E-state index contributed by atoms with van der Waals surface area (Å²) in [4.78, 5) is 29.7. The number of hydrogen-bond acceptors (Lipinski definition) is 4. The van der Waals surface area contributed by atoms with Crippen molar-refractivity contribution >= 4 is 17.5 Å². The van der Waals surface area contributed by atoms with Crippen molar-refractivity contribution in [3.8, 4) is 0 Å². The van der Waals surface area contributed by atoms with Gasteiger partial charge in [0, 0.05) is 31.0 Å². The molecule has 2 aromatic carbocycles. The quantitative estimate of drug-likeness (QED) is 0.713. The summed E-state index contributed by atoms with van der Waals surface area (Å²) in [6, 6.07) is 12.2. The molecular weight excluding hydrogens is 430 g/mol. The van der Waals surface area contributed by atoms with Crippen LogP contribution in [0.25, 0.3) is 0 Å². The summed E-state index contributed by atoms with van der Waals surface area (Å²) < 4.78 is 39.7. The number of likely N-dealkylation sites (tertiary alicyclic amines) is 1. The standard InChI is InChI=1S/C25H26F2N2O4/c26-18-5-7-19(8-6-18)29-17-24(33-15-22(29)30)9-12-28(16-24)23(31)25(10-13-32-14-11-25)20-3-1-2-4-21(20)27/h1-8H,9-17H2. The van der Waals surface area contributed by atoms with Gasteiger partial charge in [0.05, 0.1) is 18.5 Å². The van der Waals surface area contributed by atoms with Crippen LogP contribution in [0.5, 0.6) is 0 Å². The highest BCUT2D eigenvalue weighted by Gasteiger charge is 2.52. The van der Waals surface area contributed by atoms with Crippen LogP contribution < -0.4 is 4.90 Å². The lowest BCUT2D eigenvalue weighted by molar-refractivity contribution is -0.144. The fraction of sp³-hybridized carbons (Fsp3) is 0.440. The maximum atomic E-state index is 14.8. The van der Waals surface area contributed by atoms with Crippen LogP contribution in [-0.4, -0.2) is 61.8 Å². The Hall–Kier alpha value is -2.84. The van der Waals surface area contributed by atoms with Crippen LogP contribution in [0.2, 0.25) is 0 Å². The zero-order valence-electron chi connectivity index (χ0n) is 18.3. The van der Waals surface area contributed by atoms with Crippen LogP contribution in [0.15, 0.2) is 48.5 Å². The molecule has 3 aliphatic heterocycles. The van der Waals surface area contributed by atoms with Gasteiger partial charge in [0.15, 0.2) is 0 Å². The van der Waals surface area contributed by atoms with Crippen molar-refractivity contribution < 1.29 is 27.8 Å². The maximum absolute atomic E-state index is 14.8. The molecule has 3 heterocycles. The fourth-order valence-electron chi connectivity index (χ4n) is 5.31. The molecule has 1 unspecified atom stereocenters. The Morgan fingerprint density at radius 1 is 0.939 bits per heavy atom. The Morgan fingerprint density at radius 2 is 1.67 bits per heavy atom. The third kappa shape index (κ3) is 3.91. The predicted molar refractivity (Wildman–Crippen MR) is 117 cm³/mol. The maximum Gasteiger partial charge on any atom is 0.253 e. The summed E-state index contributed by atoms with van der Waals surface area (Å²) >= 11 is 0. The minimum atomic E-state index is -0.976. The van der Waals surface area contributed by atoms with Crippen molar-refractivity contribution in [3.63, 3.8) is 0 Å². The van der Waals surface area contributed by atoms with Crippen LogP contribution in [0.3, 0.4) is 0 Å². The van der Waals surface area contributed by atoms with Gasteiger partial charge in [-0.2, -0.15) is 0 Å². The van der Waals surface area contributed by atoms with Crippen molar-refractivity contribution in [1.82, 2.24) is 4.90 Å². The molecular formula is C25H26F2N2O4. The van der Waals surface area contributed by atoms with E-state index < -0.39 is 11.0 Å². The number of carbonyl (C=O) groups excluding carboxylic acids is 2. The van der Waals surface area contributed by atoms with E-state index in [1.165, 1.54) is 18.2 Å². The van der Waals surface area contributed by atoms with Crippen molar-refractivity contribution in [2.45, 2.75) is 30.3 Å². The minimum Gasteiger partial charge on any atom is -0.381 e. The molecule has 33 heavy (non-hydrogen) atoms. The Bertz CT molecular complexity index is 1050. The molecule has 174 valence electrons. The Morgan fingerprint density at radius 3 is 2.39 bits per heavy atom. The molecule has 2 aromatic rings. The molecule has 1 spiro atoms. The Kier molecular flexibility index (Phi) is 5.66. The molecule has 0 N–H and O–H groups in total. The van der Waals surface area contributed by atoms with Crippen LogP contribution in [0, 0.1) is 11.6 Å². The van der Waals surface area contributed by atoms with E-state index in [0.29, 0.717) is 56.8 Å². The molecule has 5 rings (SSSR count). The first kappa shape index (κ1) is 22.0. The van der Waals surface area contributed by atoms with Crippen molar-refractivity contribution in [1.29, 1.82) is 0 Å². The van der Waals surface area contributed by atoms with Gasteiger partial charge >= 0.3 is 0 Å². The molecule has 0 aromatic heterocycles. The Labute approximate surface area is 191 Å². The number of nitrogens with zero attached hydrogens (tertiary/aromatic N) is 2. The smallest absolute Gasteiger partial charge is 0.253 e. The lowest BCUT2D eigenvalue weighted by Crippen LogP contribution is -2.57. The summed E-state index contributed by atoms with van der Waals surface area (Å²) in [6.45, 7) is 1.72. The van der Waals surface area contributed by atoms with Crippen molar-refractivity contribution in [2.24, 2.45) is 0 Å². The summed E-state index contributed by atoms with van der Waals surface area (Å²) in [7, 11) is 0. The number of hydrogen-bond donors (Lipinski definition) is 0. The largest absolute Gasteiger partial charge is 0.381 e. The third-order valence-corrected chi connectivity index (χ3v) is 7.14. The molecule has 2 amide bonds. The van der Waals surface area contributed by atoms with E-state index in [2.05, 4.69) is 0 Å². The molecule has 0 saturated carbocycles. The van der Waals surface area contributed by atoms with Gasteiger partial charge in [0.1, 0.15) is 23.8 Å². The second-order valence-electron chi connectivity index (χ2n) is 9.08. The average molecular weight is 456 g/mol. The van der Waals surface area contributed by atoms with E-state index >= 15 is 0 Å². The van der Waals surface area contributed by atoms with Crippen LogP contribution >= 0.6 is 0 Å². The number of ether oxygens (including phenoxy) is 2. The first-order valence-electron chi connectivity index (χ1n) is 11.2. The van der Waals surface area contributed by atoms with Gasteiger partial charge in [-0.05, 0) is 49.6 Å². The van der Waals surface area contributed by atoms with Crippen LogP contribution in [0.1, 0.15) is 24.8 Å². The zero-order chi connectivity index (χ0) is 23.1. The van der Waals surface area contributed by atoms with Gasteiger partial charge in [-0.15, -0.1) is 0 Å². The molecule has 3 saturated heterocycles. The highest BCUT2D eigenvalue weighted by atomic mass is 19.1. The summed E-state index contributed by atoms with van der Waals surface area (Å²) in [5.41, 5.74) is -0.677. The normalized spacial score (nSPS) is 25.0. The van der Waals surface area contributed by atoms with Gasteiger partial charge in [-0.3, -0.25) is 9.59 Å². The molecule has 8 heteroatoms. The van der Waals surface area contributed by atoms with Gasteiger partial charge in [-0.25, -0.2) is 8.78 Å². The third-order valence-electron chi connectivity index (χ3n) is 7.14. The topological polar surface area (TPSA) is 59.1 Å². The number of carbonyl (C=O) groups is 2. The first-order valence-corrected chi connectivity index (χ1v) is 11.2. The van der Waals surface area contributed by atoms with Crippen molar-refractivity contribution in [2.75, 3.05) is 44.4 Å². The summed E-state index contributed by atoms with van der Waals surface area (Å²) in [6.07, 6.45) is 1.39. The van der Waals surface area contributed by atoms with Gasteiger partial charge in [-0.1, -0.05) is 18.2 Å². The van der Waals surface area contributed by atoms with E-state index in [-0.39, 0.29) is 36.6 Å². The molecule has 3 fully saturated rings. The second-order valence-corrected chi connectivity index (χ2v) is 9.08. The number of morpholine rings is 1. The average Bonchev–Trinajstić information content (AvgIpc) is 3.25. The van der Waals surface area contributed by atoms with Crippen LogP contribution in [0.4, 0.5) is 14.5 Å². The van der Waals surface area contributed by atoms with Crippen molar-refractivity contribution in [3.05, 3.63) is 65.7 Å². The lowest BCUT2D eigenvalue weighted by Gasteiger charge is -2.42. The SMILES string of the molecule is O=C1COC2(CCN(C(=O)C3(c4ccccc4F)CCOCC3)C2)CN1c1ccc(F)cc1. The highest BCUT2D eigenvalue weighted by molar-refractivity contribution is 5.95. The van der Waals surface area contributed by atoms with Gasteiger partial charge in [0.2, 0.25) is 5.91 Å². The molecule has 0 aliphatic carbocycles. The van der Waals surface area contributed by atoms with E-state index in [1.54, 1.807) is 40.1 Å².